The summed E-state index contributed by atoms with van der Waals surface area (Å²) in [6.07, 6.45) is 3.93. The van der Waals surface area contributed by atoms with E-state index in [2.05, 4.69) is 5.32 Å². The van der Waals surface area contributed by atoms with Crippen LogP contribution in [0.2, 0.25) is 0 Å². The maximum Gasteiger partial charge on any atom is 0.271 e. The van der Waals surface area contributed by atoms with E-state index in [-0.39, 0.29) is 10.6 Å². The Morgan fingerprint density at radius 2 is 2.31 bits per heavy atom. The Morgan fingerprint density at radius 1 is 1.46 bits per heavy atom. The summed E-state index contributed by atoms with van der Waals surface area (Å²) in [5.74, 6) is 0. The van der Waals surface area contributed by atoms with Crippen molar-refractivity contribution in [2.24, 2.45) is 0 Å². The number of nitrogens with zero attached hydrogens (tertiary/aromatic N) is 1. The van der Waals surface area contributed by atoms with E-state index in [4.69, 9.17) is 0 Å². The van der Waals surface area contributed by atoms with Gasteiger partial charge in [0.15, 0.2) is 0 Å². The third kappa shape index (κ3) is 1.38. The smallest absolute Gasteiger partial charge is 0.271 e. The molecule has 2 rings (SSSR count). The molecule has 1 aliphatic heterocycles. The number of hydrogen-bond acceptors (Lipinski definition) is 3. The maximum absolute atomic E-state index is 10.4. The molecule has 0 spiro atoms. The van der Waals surface area contributed by atoms with Crippen LogP contribution in [0.15, 0.2) is 24.3 Å². The highest BCUT2D eigenvalue weighted by atomic mass is 16.6. The molecule has 1 aromatic rings. The van der Waals surface area contributed by atoms with Crippen molar-refractivity contribution in [2.75, 3.05) is 11.9 Å². The molecule has 0 radical (unpaired) electrons. The van der Waals surface area contributed by atoms with E-state index < -0.39 is 0 Å². The van der Waals surface area contributed by atoms with Gasteiger partial charge in [-0.25, -0.2) is 0 Å². The molecule has 0 fully saturated rings. The van der Waals surface area contributed by atoms with Gasteiger partial charge in [-0.15, -0.1) is 0 Å². The molecular formula is C9H8N2O2. The topological polar surface area (TPSA) is 55.2 Å². The Balaban J connectivity index is 2.48. The van der Waals surface area contributed by atoms with Crippen molar-refractivity contribution >= 4 is 17.5 Å². The lowest BCUT2D eigenvalue weighted by Gasteiger charge is -2.11. The van der Waals surface area contributed by atoms with Gasteiger partial charge in [-0.05, 0) is 11.6 Å². The second-order valence-corrected chi connectivity index (χ2v) is 2.81. The summed E-state index contributed by atoms with van der Waals surface area (Å²) in [5.41, 5.74) is 1.95. The van der Waals surface area contributed by atoms with Crippen LogP contribution in [0.3, 0.4) is 0 Å². The minimum atomic E-state index is -0.389. The van der Waals surface area contributed by atoms with E-state index >= 15 is 0 Å². The number of rotatable bonds is 1. The fraction of sp³-hybridized carbons (Fsp3) is 0.111. The largest absolute Gasteiger partial charge is 0.381 e. The van der Waals surface area contributed by atoms with Crippen LogP contribution in [0.25, 0.3) is 6.08 Å². The second-order valence-electron chi connectivity index (χ2n) is 2.81. The summed E-state index contributed by atoms with van der Waals surface area (Å²) < 4.78 is 0. The molecule has 1 aliphatic rings. The van der Waals surface area contributed by atoms with Crippen molar-refractivity contribution in [3.05, 3.63) is 40.0 Å². The molecule has 0 saturated carbocycles. The molecule has 4 heteroatoms. The number of hydrogen-bond donors (Lipinski definition) is 1. The van der Waals surface area contributed by atoms with E-state index in [0.717, 1.165) is 17.8 Å². The number of non-ortho nitro benzene ring substituents is 1. The van der Waals surface area contributed by atoms with Crippen LogP contribution in [-0.2, 0) is 0 Å². The molecule has 0 amide bonds. The molecular weight excluding hydrogens is 168 g/mol. The van der Waals surface area contributed by atoms with Gasteiger partial charge < -0.3 is 5.32 Å². The molecule has 0 aliphatic carbocycles. The van der Waals surface area contributed by atoms with Crippen molar-refractivity contribution in [3.63, 3.8) is 0 Å². The zero-order chi connectivity index (χ0) is 9.26. The van der Waals surface area contributed by atoms with E-state index in [1.165, 1.54) is 6.07 Å². The number of anilines is 1. The molecule has 0 unspecified atom stereocenters. The normalized spacial score (nSPS) is 13.2. The molecule has 4 nitrogen and oxygen atoms in total. The number of benzene rings is 1. The molecule has 0 atom stereocenters. The second kappa shape index (κ2) is 2.90. The molecule has 66 valence electrons. The Bertz CT molecular complexity index is 385. The van der Waals surface area contributed by atoms with Gasteiger partial charge in [-0.3, -0.25) is 10.1 Å². The minimum Gasteiger partial charge on any atom is -0.381 e. The maximum atomic E-state index is 10.4. The molecule has 1 aromatic carbocycles. The lowest BCUT2D eigenvalue weighted by atomic mass is 10.1. The van der Waals surface area contributed by atoms with Crippen molar-refractivity contribution in [1.29, 1.82) is 0 Å². The lowest BCUT2D eigenvalue weighted by molar-refractivity contribution is -0.384. The van der Waals surface area contributed by atoms with Crippen LogP contribution < -0.4 is 5.32 Å². The minimum absolute atomic E-state index is 0.126. The molecule has 0 aromatic heterocycles. The Hall–Kier alpha value is -1.84. The van der Waals surface area contributed by atoms with Crippen molar-refractivity contribution in [3.8, 4) is 0 Å². The quantitative estimate of drug-likeness (QED) is 0.526. The Kier molecular flexibility index (Phi) is 1.73. The third-order valence-electron chi connectivity index (χ3n) is 1.96. The average Bonchev–Trinajstić information content (AvgIpc) is 2.17. The number of nitrogens with one attached hydrogen (secondary N) is 1. The standard InChI is InChI=1S/C9H8N2O2/c12-11(13)8-4-3-7-2-1-5-10-9(7)6-8/h1-4,6,10H,5H2. The van der Waals surface area contributed by atoms with Crippen LogP contribution in [0, 0.1) is 10.1 Å². The number of nitro groups is 1. The summed E-state index contributed by atoms with van der Waals surface area (Å²) in [6.45, 7) is 0.730. The monoisotopic (exact) mass is 176 g/mol. The zero-order valence-corrected chi connectivity index (χ0v) is 6.86. The summed E-state index contributed by atoms with van der Waals surface area (Å²) in [7, 11) is 0. The molecule has 0 saturated heterocycles. The molecule has 13 heavy (non-hydrogen) atoms. The molecule has 0 bridgehead atoms. The zero-order valence-electron chi connectivity index (χ0n) is 6.86. The highest BCUT2D eigenvalue weighted by Crippen LogP contribution is 2.25. The van der Waals surface area contributed by atoms with E-state index in [1.807, 2.05) is 12.2 Å². The Labute approximate surface area is 75.0 Å². The van der Waals surface area contributed by atoms with Crippen LogP contribution in [0.1, 0.15) is 5.56 Å². The number of fused-ring (bicyclic) bond motifs is 1. The van der Waals surface area contributed by atoms with E-state index in [0.29, 0.717) is 0 Å². The van der Waals surface area contributed by atoms with Gasteiger partial charge in [0.25, 0.3) is 5.69 Å². The first kappa shape index (κ1) is 7.79. The fourth-order valence-corrected chi connectivity index (χ4v) is 1.31. The first-order chi connectivity index (χ1) is 6.27. The van der Waals surface area contributed by atoms with Crippen LogP contribution in [-0.4, -0.2) is 11.5 Å². The fourth-order valence-electron chi connectivity index (χ4n) is 1.31. The summed E-state index contributed by atoms with van der Waals surface area (Å²) in [6, 6.07) is 4.81. The van der Waals surface area contributed by atoms with Gasteiger partial charge in [0.2, 0.25) is 0 Å². The summed E-state index contributed by atoms with van der Waals surface area (Å²) in [5, 5.41) is 13.5. The first-order valence-electron chi connectivity index (χ1n) is 3.96. The SMILES string of the molecule is O=[N+]([O-])c1ccc2c(c1)NCC=C2. The van der Waals surface area contributed by atoms with Gasteiger partial charge in [0, 0.05) is 24.4 Å². The predicted molar refractivity (Wildman–Crippen MR) is 50.6 cm³/mol. The van der Waals surface area contributed by atoms with E-state index in [9.17, 15) is 10.1 Å². The van der Waals surface area contributed by atoms with Crippen molar-refractivity contribution < 1.29 is 4.92 Å². The van der Waals surface area contributed by atoms with Crippen LogP contribution >= 0.6 is 0 Å². The average molecular weight is 176 g/mol. The van der Waals surface area contributed by atoms with Crippen LogP contribution in [0.5, 0.6) is 0 Å². The third-order valence-corrected chi connectivity index (χ3v) is 1.96. The number of nitro benzene ring substituents is 1. The van der Waals surface area contributed by atoms with Gasteiger partial charge >= 0.3 is 0 Å². The summed E-state index contributed by atoms with van der Waals surface area (Å²) in [4.78, 5) is 10.1. The van der Waals surface area contributed by atoms with Crippen molar-refractivity contribution in [1.82, 2.24) is 0 Å². The predicted octanol–water partition coefficient (Wildman–Crippen LogP) is 2.03. The first-order valence-corrected chi connectivity index (χ1v) is 3.96. The summed E-state index contributed by atoms with van der Waals surface area (Å²) >= 11 is 0. The van der Waals surface area contributed by atoms with Gasteiger partial charge in [0.05, 0.1) is 4.92 Å². The van der Waals surface area contributed by atoms with Gasteiger partial charge in [0.1, 0.15) is 0 Å². The van der Waals surface area contributed by atoms with Gasteiger partial charge in [-0.1, -0.05) is 12.2 Å². The molecule has 1 heterocycles. The van der Waals surface area contributed by atoms with E-state index in [1.54, 1.807) is 12.1 Å². The van der Waals surface area contributed by atoms with Gasteiger partial charge in [-0.2, -0.15) is 0 Å². The lowest BCUT2D eigenvalue weighted by Crippen LogP contribution is -2.04. The highest BCUT2D eigenvalue weighted by molar-refractivity contribution is 5.72. The molecule has 1 N–H and O–H groups in total. The van der Waals surface area contributed by atoms with Crippen molar-refractivity contribution in [2.45, 2.75) is 0 Å². The highest BCUT2D eigenvalue weighted by Gasteiger charge is 2.10. The Morgan fingerprint density at radius 3 is 3.08 bits per heavy atom. The van der Waals surface area contributed by atoms with Crippen LogP contribution in [0.4, 0.5) is 11.4 Å².